The highest BCUT2D eigenvalue weighted by atomic mass is 32.1. The zero-order valence-electron chi connectivity index (χ0n) is 15.5. The molecule has 1 heterocycles. The summed E-state index contributed by atoms with van der Waals surface area (Å²) in [4.78, 5) is 0. The maximum atomic E-state index is 5.24. The maximum absolute atomic E-state index is 5.24. The molecule has 0 spiro atoms. The number of ether oxygens (including phenoxy) is 1. The Kier molecular flexibility index (Phi) is 6.54. The number of para-hydroxylation sites is 1. The van der Waals surface area contributed by atoms with Crippen molar-refractivity contribution in [2.24, 2.45) is 5.10 Å². The van der Waals surface area contributed by atoms with Gasteiger partial charge in [0.2, 0.25) is 0 Å². The molecule has 2 N–H and O–H groups in total. The summed E-state index contributed by atoms with van der Waals surface area (Å²) < 4.78 is 7.07. The van der Waals surface area contributed by atoms with Crippen LogP contribution in [0.4, 0.5) is 0 Å². The van der Waals surface area contributed by atoms with E-state index in [0.29, 0.717) is 11.7 Å². The van der Waals surface area contributed by atoms with Gasteiger partial charge in [-0.25, -0.2) is 4.68 Å². The smallest absolute Gasteiger partial charge is 0.187 e. The second-order valence-corrected chi connectivity index (χ2v) is 6.22. The van der Waals surface area contributed by atoms with Gasteiger partial charge in [0.05, 0.1) is 19.0 Å². The molecule has 0 amide bonds. The summed E-state index contributed by atoms with van der Waals surface area (Å²) in [6, 6.07) is 17.7. The van der Waals surface area contributed by atoms with Crippen molar-refractivity contribution in [1.82, 2.24) is 20.5 Å². The second-order valence-electron chi connectivity index (χ2n) is 5.81. The van der Waals surface area contributed by atoms with Crippen LogP contribution in [0.2, 0.25) is 0 Å². The Hall–Kier alpha value is -3.45. The highest BCUT2D eigenvalue weighted by molar-refractivity contribution is 7.80. The van der Waals surface area contributed by atoms with Crippen molar-refractivity contribution < 1.29 is 4.74 Å². The monoisotopic (exact) mass is 391 g/mol. The van der Waals surface area contributed by atoms with Crippen molar-refractivity contribution in [2.45, 2.75) is 0 Å². The lowest BCUT2D eigenvalue weighted by Crippen LogP contribution is -2.31. The van der Waals surface area contributed by atoms with Gasteiger partial charge in [-0.15, -0.1) is 6.58 Å². The minimum Gasteiger partial charge on any atom is -0.497 e. The molecule has 3 rings (SSSR count). The fourth-order valence-corrected chi connectivity index (χ4v) is 2.67. The normalized spacial score (nSPS) is 10.6. The predicted molar refractivity (Wildman–Crippen MR) is 117 cm³/mol. The van der Waals surface area contributed by atoms with Crippen LogP contribution in [0.3, 0.4) is 0 Å². The fourth-order valence-electron chi connectivity index (χ4n) is 2.53. The van der Waals surface area contributed by atoms with Gasteiger partial charge < -0.3 is 10.1 Å². The van der Waals surface area contributed by atoms with Gasteiger partial charge in [0, 0.05) is 23.9 Å². The first kappa shape index (κ1) is 19.3. The van der Waals surface area contributed by atoms with E-state index in [4.69, 9.17) is 22.1 Å². The number of benzene rings is 2. The molecule has 142 valence electrons. The average Bonchev–Trinajstić information content (AvgIpc) is 3.17. The Balaban J connectivity index is 1.90. The highest BCUT2D eigenvalue weighted by Crippen LogP contribution is 2.24. The number of hydrogen-bond acceptors (Lipinski definition) is 4. The molecule has 6 nitrogen and oxygen atoms in total. The number of hydrazone groups is 1. The van der Waals surface area contributed by atoms with Crippen LogP contribution in [0.1, 0.15) is 5.56 Å². The third-order valence-corrected chi connectivity index (χ3v) is 4.14. The third-order valence-electron chi connectivity index (χ3n) is 3.90. The van der Waals surface area contributed by atoms with Crippen LogP contribution in [0.25, 0.3) is 16.9 Å². The van der Waals surface area contributed by atoms with Gasteiger partial charge in [0.25, 0.3) is 0 Å². The second kappa shape index (κ2) is 9.48. The molecule has 7 heteroatoms. The van der Waals surface area contributed by atoms with Crippen LogP contribution in [-0.4, -0.2) is 34.8 Å². The van der Waals surface area contributed by atoms with E-state index in [9.17, 15) is 0 Å². The first-order chi connectivity index (χ1) is 13.7. The van der Waals surface area contributed by atoms with E-state index in [0.717, 1.165) is 28.3 Å². The van der Waals surface area contributed by atoms with Gasteiger partial charge in [0.1, 0.15) is 11.4 Å². The number of nitrogens with one attached hydrogen (secondary N) is 2. The summed E-state index contributed by atoms with van der Waals surface area (Å²) in [5.41, 5.74) is 6.39. The molecule has 28 heavy (non-hydrogen) atoms. The Morgan fingerprint density at radius 3 is 2.64 bits per heavy atom. The van der Waals surface area contributed by atoms with E-state index < -0.39 is 0 Å². The molecule has 0 unspecified atom stereocenters. The molecule has 0 atom stereocenters. The summed E-state index contributed by atoms with van der Waals surface area (Å²) >= 11 is 5.15. The van der Waals surface area contributed by atoms with E-state index >= 15 is 0 Å². The van der Waals surface area contributed by atoms with E-state index in [1.54, 1.807) is 19.4 Å². The molecule has 1 aromatic heterocycles. The molecule has 0 bridgehead atoms. The molecule has 2 aromatic carbocycles. The lowest BCUT2D eigenvalue weighted by Gasteiger charge is -2.04. The first-order valence-electron chi connectivity index (χ1n) is 8.68. The van der Waals surface area contributed by atoms with Gasteiger partial charge in [-0.1, -0.05) is 24.3 Å². The molecule has 0 radical (unpaired) electrons. The van der Waals surface area contributed by atoms with Crippen LogP contribution >= 0.6 is 12.2 Å². The average molecular weight is 392 g/mol. The first-order valence-corrected chi connectivity index (χ1v) is 9.09. The molecular formula is C21H21N5OS. The Bertz CT molecular complexity index is 964. The lowest BCUT2D eigenvalue weighted by atomic mass is 10.1. The zero-order chi connectivity index (χ0) is 19.8. The SMILES string of the molecule is C=CCNC(=S)N/N=C\c1cn(-c2ccccc2)nc1-c1ccc(OC)cc1. The summed E-state index contributed by atoms with van der Waals surface area (Å²) in [6.07, 6.45) is 5.36. The van der Waals surface area contributed by atoms with Crippen molar-refractivity contribution >= 4 is 23.5 Å². The molecule has 0 saturated heterocycles. The largest absolute Gasteiger partial charge is 0.497 e. The predicted octanol–water partition coefficient (Wildman–Crippen LogP) is 3.53. The number of nitrogens with zero attached hydrogens (tertiary/aromatic N) is 3. The minimum atomic E-state index is 0.428. The van der Waals surface area contributed by atoms with Gasteiger partial charge in [0.15, 0.2) is 5.11 Å². The van der Waals surface area contributed by atoms with Crippen molar-refractivity contribution in [2.75, 3.05) is 13.7 Å². The highest BCUT2D eigenvalue weighted by Gasteiger charge is 2.11. The summed E-state index contributed by atoms with van der Waals surface area (Å²) in [5, 5.41) is 12.4. The van der Waals surface area contributed by atoms with Crippen LogP contribution in [0.5, 0.6) is 5.75 Å². The molecule has 0 fully saturated rings. The van der Waals surface area contributed by atoms with Gasteiger partial charge in [-0.3, -0.25) is 5.43 Å². The summed E-state index contributed by atoms with van der Waals surface area (Å²) in [5.74, 6) is 0.793. The Morgan fingerprint density at radius 2 is 1.96 bits per heavy atom. The number of thiocarbonyl (C=S) groups is 1. The number of methoxy groups -OCH3 is 1. The van der Waals surface area contributed by atoms with E-state index in [-0.39, 0.29) is 0 Å². The van der Waals surface area contributed by atoms with E-state index in [1.807, 2.05) is 65.5 Å². The van der Waals surface area contributed by atoms with Crippen LogP contribution in [0.15, 0.2) is 78.6 Å². The lowest BCUT2D eigenvalue weighted by molar-refractivity contribution is 0.415. The van der Waals surface area contributed by atoms with Crippen molar-refractivity contribution in [1.29, 1.82) is 0 Å². The zero-order valence-corrected chi connectivity index (χ0v) is 16.3. The molecule has 0 aliphatic carbocycles. The maximum Gasteiger partial charge on any atom is 0.187 e. The number of hydrogen-bond donors (Lipinski definition) is 2. The van der Waals surface area contributed by atoms with Crippen molar-refractivity contribution in [3.05, 3.63) is 79.0 Å². The quantitative estimate of drug-likeness (QED) is 0.279. The number of rotatable bonds is 7. The fraction of sp³-hybridized carbons (Fsp3) is 0.0952. The molecule has 0 saturated carbocycles. The standard InChI is InChI=1S/C21H21N5OS/c1-3-13-22-21(28)24-23-14-17-15-26(18-7-5-4-6-8-18)25-20(17)16-9-11-19(27-2)12-10-16/h3-12,14-15H,1,13H2,2H3,(H2,22,24,28)/b23-14-. The van der Waals surface area contributed by atoms with Crippen LogP contribution < -0.4 is 15.5 Å². The molecule has 0 aliphatic rings. The summed E-state index contributed by atoms with van der Waals surface area (Å²) in [7, 11) is 1.65. The van der Waals surface area contributed by atoms with E-state index in [1.165, 1.54) is 0 Å². The third kappa shape index (κ3) is 4.83. The molecular weight excluding hydrogens is 370 g/mol. The van der Waals surface area contributed by atoms with Crippen molar-refractivity contribution in [3.8, 4) is 22.7 Å². The van der Waals surface area contributed by atoms with Gasteiger partial charge in [-0.2, -0.15) is 10.2 Å². The van der Waals surface area contributed by atoms with Crippen LogP contribution in [-0.2, 0) is 0 Å². The Labute approximate surface area is 169 Å². The van der Waals surface area contributed by atoms with E-state index in [2.05, 4.69) is 22.4 Å². The Morgan fingerprint density at radius 1 is 1.21 bits per heavy atom. The molecule has 0 aliphatic heterocycles. The van der Waals surface area contributed by atoms with Crippen LogP contribution in [0, 0.1) is 0 Å². The minimum absolute atomic E-state index is 0.428. The molecule has 3 aromatic rings. The number of aromatic nitrogens is 2. The summed E-state index contributed by atoms with van der Waals surface area (Å²) in [6.45, 7) is 4.22. The van der Waals surface area contributed by atoms with Gasteiger partial charge >= 0.3 is 0 Å². The van der Waals surface area contributed by atoms with Crippen molar-refractivity contribution in [3.63, 3.8) is 0 Å². The topological polar surface area (TPSA) is 63.5 Å². The van der Waals surface area contributed by atoms with Gasteiger partial charge in [-0.05, 0) is 48.6 Å².